The van der Waals surface area contributed by atoms with E-state index in [1.54, 1.807) is 18.3 Å². The first-order valence-electron chi connectivity index (χ1n) is 7.31. The zero-order valence-corrected chi connectivity index (χ0v) is 13.9. The number of benzene rings is 1. The molecule has 0 unspecified atom stereocenters. The number of amides is 1. The van der Waals surface area contributed by atoms with E-state index >= 15 is 0 Å². The molecule has 0 aliphatic rings. The third kappa shape index (κ3) is 4.85. The molecule has 1 heterocycles. The highest BCUT2D eigenvalue weighted by molar-refractivity contribution is 6.29. The van der Waals surface area contributed by atoms with Crippen molar-refractivity contribution >= 4 is 17.5 Å². The normalized spacial score (nSPS) is 11.3. The molecule has 3 nitrogen and oxygen atoms in total. The second-order valence-electron chi connectivity index (χ2n) is 6.39. The molecule has 1 amide bonds. The molecule has 2 aromatic rings. The summed E-state index contributed by atoms with van der Waals surface area (Å²) in [5.74, 6) is -0.0258. The van der Waals surface area contributed by atoms with Crippen LogP contribution in [0.3, 0.4) is 0 Å². The smallest absolute Gasteiger partial charge is 0.224 e. The van der Waals surface area contributed by atoms with Gasteiger partial charge in [-0.25, -0.2) is 4.98 Å². The Bertz CT molecular complexity index is 645. The van der Waals surface area contributed by atoms with E-state index in [4.69, 9.17) is 11.6 Å². The van der Waals surface area contributed by atoms with Crippen LogP contribution in [0.4, 0.5) is 0 Å². The fourth-order valence-electron chi connectivity index (χ4n) is 2.12. The molecule has 1 aromatic carbocycles. The number of rotatable bonds is 4. The van der Waals surface area contributed by atoms with Crippen molar-refractivity contribution < 1.29 is 4.79 Å². The summed E-state index contributed by atoms with van der Waals surface area (Å²) >= 11 is 5.81. The molecule has 4 heteroatoms. The van der Waals surface area contributed by atoms with Crippen molar-refractivity contribution in [1.29, 1.82) is 0 Å². The Morgan fingerprint density at radius 1 is 1.14 bits per heavy atom. The molecular weight excluding hydrogens is 296 g/mol. The highest BCUT2D eigenvalue weighted by Gasteiger charge is 2.12. The number of halogens is 1. The zero-order valence-electron chi connectivity index (χ0n) is 13.2. The Hall–Kier alpha value is -1.87. The summed E-state index contributed by atoms with van der Waals surface area (Å²) in [5.41, 5.74) is 3.38. The van der Waals surface area contributed by atoms with Crippen molar-refractivity contribution in [1.82, 2.24) is 10.3 Å². The summed E-state index contributed by atoms with van der Waals surface area (Å²) < 4.78 is 0. The molecule has 0 spiro atoms. The standard InChI is InChI=1S/C18H21ClN2O/c1-18(2,3)15-6-4-13(5-7-15)12-21-17(22)11-14-8-9-20-16(19)10-14/h4-10H,11-12H2,1-3H3,(H,21,22). The second kappa shape index (κ2) is 6.93. The fraction of sp³-hybridized carbons (Fsp3) is 0.333. The minimum absolute atomic E-state index is 0.0258. The van der Waals surface area contributed by atoms with Gasteiger partial charge in [-0.15, -0.1) is 0 Å². The number of pyridine rings is 1. The quantitative estimate of drug-likeness (QED) is 0.869. The van der Waals surface area contributed by atoms with Crippen LogP contribution in [-0.4, -0.2) is 10.9 Å². The van der Waals surface area contributed by atoms with Gasteiger partial charge in [-0.05, 0) is 34.2 Å². The number of nitrogens with zero attached hydrogens (tertiary/aromatic N) is 1. The SMILES string of the molecule is CC(C)(C)c1ccc(CNC(=O)Cc2ccnc(Cl)c2)cc1. The third-order valence-electron chi connectivity index (χ3n) is 3.47. The molecule has 22 heavy (non-hydrogen) atoms. The van der Waals surface area contributed by atoms with Gasteiger partial charge in [0.25, 0.3) is 0 Å². The highest BCUT2D eigenvalue weighted by atomic mass is 35.5. The maximum Gasteiger partial charge on any atom is 0.224 e. The summed E-state index contributed by atoms with van der Waals surface area (Å²) in [6.45, 7) is 7.08. The van der Waals surface area contributed by atoms with Gasteiger partial charge in [0, 0.05) is 12.7 Å². The van der Waals surface area contributed by atoms with E-state index in [0.717, 1.165) is 11.1 Å². The average molecular weight is 317 g/mol. The van der Waals surface area contributed by atoms with Gasteiger partial charge in [0.05, 0.1) is 6.42 Å². The molecular formula is C18H21ClN2O. The summed E-state index contributed by atoms with van der Waals surface area (Å²) in [6.07, 6.45) is 1.92. The molecule has 0 saturated heterocycles. The first-order valence-corrected chi connectivity index (χ1v) is 7.69. The molecule has 0 radical (unpaired) electrons. The van der Waals surface area contributed by atoms with E-state index in [9.17, 15) is 4.79 Å². The predicted molar refractivity (Wildman–Crippen MR) is 89.9 cm³/mol. The van der Waals surface area contributed by atoms with Gasteiger partial charge < -0.3 is 5.32 Å². The first kappa shape index (κ1) is 16.5. The van der Waals surface area contributed by atoms with Crippen molar-refractivity contribution in [3.8, 4) is 0 Å². The summed E-state index contributed by atoms with van der Waals surface area (Å²) in [6, 6.07) is 11.9. The lowest BCUT2D eigenvalue weighted by atomic mass is 9.87. The van der Waals surface area contributed by atoms with Crippen LogP contribution in [0.25, 0.3) is 0 Å². The minimum Gasteiger partial charge on any atom is -0.352 e. The Morgan fingerprint density at radius 3 is 2.41 bits per heavy atom. The minimum atomic E-state index is -0.0258. The number of aromatic nitrogens is 1. The number of hydrogen-bond donors (Lipinski definition) is 1. The number of nitrogens with one attached hydrogen (secondary N) is 1. The molecule has 2 rings (SSSR count). The predicted octanol–water partition coefficient (Wildman–Crippen LogP) is 3.89. The second-order valence-corrected chi connectivity index (χ2v) is 6.77. The molecule has 0 aliphatic heterocycles. The first-order chi connectivity index (χ1) is 10.3. The lowest BCUT2D eigenvalue weighted by Crippen LogP contribution is -2.24. The molecule has 0 atom stereocenters. The van der Waals surface area contributed by atoms with E-state index in [2.05, 4.69) is 55.3 Å². The number of carbonyl (C=O) groups excluding carboxylic acids is 1. The average Bonchev–Trinajstić information content (AvgIpc) is 2.45. The molecule has 1 N–H and O–H groups in total. The molecule has 0 aliphatic carbocycles. The van der Waals surface area contributed by atoms with Crippen LogP contribution in [0.15, 0.2) is 42.6 Å². The zero-order chi connectivity index (χ0) is 16.2. The number of hydrogen-bond acceptors (Lipinski definition) is 2. The van der Waals surface area contributed by atoms with Crippen LogP contribution in [0.1, 0.15) is 37.5 Å². The lowest BCUT2D eigenvalue weighted by molar-refractivity contribution is -0.120. The van der Waals surface area contributed by atoms with Crippen LogP contribution in [0.5, 0.6) is 0 Å². The van der Waals surface area contributed by atoms with E-state index in [1.165, 1.54) is 5.56 Å². The Morgan fingerprint density at radius 2 is 1.82 bits per heavy atom. The van der Waals surface area contributed by atoms with Crippen LogP contribution < -0.4 is 5.32 Å². The molecule has 0 bridgehead atoms. The van der Waals surface area contributed by atoms with Crippen LogP contribution in [0.2, 0.25) is 5.15 Å². The molecule has 0 saturated carbocycles. The van der Waals surface area contributed by atoms with Gasteiger partial charge in [0.1, 0.15) is 5.15 Å². The fourth-order valence-corrected chi connectivity index (χ4v) is 2.32. The topological polar surface area (TPSA) is 42.0 Å². The number of carbonyl (C=O) groups is 1. The summed E-state index contributed by atoms with van der Waals surface area (Å²) in [5, 5.41) is 3.33. The maximum atomic E-state index is 11.9. The lowest BCUT2D eigenvalue weighted by Gasteiger charge is -2.19. The van der Waals surface area contributed by atoms with Crippen LogP contribution in [0, 0.1) is 0 Å². The third-order valence-corrected chi connectivity index (χ3v) is 3.67. The molecule has 0 fully saturated rings. The monoisotopic (exact) mass is 316 g/mol. The van der Waals surface area contributed by atoms with Gasteiger partial charge in [-0.1, -0.05) is 56.6 Å². The van der Waals surface area contributed by atoms with Crippen molar-refractivity contribution in [3.05, 3.63) is 64.4 Å². The van der Waals surface area contributed by atoms with Gasteiger partial charge in [0.2, 0.25) is 5.91 Å². The van der Waals surface area contributed by atoms with E-state index in [1.807, 2.05) is 0 Å². The van der Waals surface area contributed by atoms with Gasteiger partial charge in [-0.2, -0.15) is 0 Å². The van der Waals surface area contributed by atoms with Gasteiger partial charge in [-0.3, -0.25) is 4.79 Å². The summed E-state index contributed by atoms with van der Waals surface area (Å²) in [7, 11) is 0. The Kier molecular flexibility index (Phi) is 5.19. The maximum absolute atomic E-state index is 11.9. The van der Waals surface area contributed by atoms with E-state index in [0.29, 0.717) is 18.1 Å². The Balaban J connectivity index is 1.88. The van der Waals surface area contributed by atoms with Gasteiger partial charge >= 0.3 is 0 Å². The van der Waals surface area contributed by atoms with Crippen LogP contribution >= 0.6 is 11.6 Å². The van der Waals surface area contributed by atoms with Gasteiger partial charge in [0.15, 0.2) is 0 Å². The highest BCUT2D eigenvalue weighted by Crippen LogP contribution is 2.22. The molecule has 116 valence electrons. The van der Waals surface area contributed by atoms with Crippen molar-refractivity contribution in [2.45, 2.75) is 39.2 Å². The van der Waals surface area contributed by atoms with E-state index in [-0.39, 0.29) is 11.3 Å². The largest absolute Gasteiger partial charge is 0.352 e. The van der Waals surface area contributed by atoms with Crippen molar-refractivity contribution in [3.63, 3.8) is 0 Å². The van der Waals surface area contributed by atoms with Crippen molar-refractivity contribution in [2.75, 3.05) is 0 Å². The van der Waals surface area contributed by atoms with Crippen molar-refractivity contribution in [2.24, 2.45) is 0 Å². The molecule has 1 aromatic heterocycles. The van der Waals surface area contributed by atoms with Crippen LogP contribution in [-0.2, 0) is 23.2 Å². The Labute approximate surface area is 136 Å². The summed E-state index contributed by atoms with van der Waals surface area (Å²) in [4.78, 5) is 15.9. The van der Waals surface area contributed by atoms with E-state index < -0.39 is 0 Å².